The van der Waals surface area contributed by atoms with Gasteiger partial charge in [0.25, 0.3) is 0 Å². The highest BCUT2D eigenvalue weighted by Crippen LogP contribution is 2.26. The van der Waals surface area contributed by atoms with Crippen LogP contribution >= 0.6 is 0 Å². The van der Waals surface area contributed by atoms with Crippen LogP contribution in [0.2, 0.25) is 0 Å². The van der Waals surface area contributed by atoms with Crippen LogP contribution in [0.4, 0.5) is 4.79 Å². The standard InChI is InChI=1S/C14H20N2O3/c1-10-3-4-13(12(9-10)11(2)17)19-8-7-16-6-5-15-14(16)18/h3-4,9,11,17H,5-8H2,1-2H3,(H,15,18). The molecule has 0 aliphatic carbocycles. The minimum absolute atomic E-state index is 0.0387. The van der Waals surface area contributed by atoms with Gasteiger partial charge in [0.15, 0.2) is 0 Å². The van der Waals surface area contributed by atoms with Crippen LogP contribution in [-0.2, 0) is 0 Å². The molecule has 5 heteroatoms. The number of hydrogen-bond acceptors (Lipinski definition) is 3. The zero-order chi connectivity index (χ0) is 13.8. The van der Waals surface area contributed by atoms with Gasteiger partial charge in [-0.05, 0) is 26.0 Å². The Morgan fingerprint density at radius 1 is 1.53 bits per heavy atom. The molecule has 1 aromatic rings. The summed E-state index contributed by atoms with van der Waals surface area (Å²) in [4.78, 5) is 13.1. The van der Waals surface area contributed by atoms with E-state index >= 15 is 0 Å². The van der Waals surface area contributed by atoms with E-state index in [1.54, 1.807) is 11.8 Å². The fraction of sp³-hybridized carbons (Fsp3) is 0.500. The Labute approximate surface area is 113 Å². The molecule has 0 aromatic heterocycles. The molecule has 2 amide bonds. The monoisotopic (exact) mass is 264 g/mol. The minimum atomic E-state index is -0.565. The zero-order valence-electron chi connectivity index (χ0n) is 11.3. The molecular formula is C14H20N2O3. The molecule has 19 heavy (non-hydrogen) atoms. The summed E-state index contributed by atoms with van der Waals surface area (Å²) in [6, 6.07) is 5.69. The molecule has 1 aromatic carbocycles. The van der Waals surface area contributed by atoms with Crippen molar-refractivity contribution in [3.8, 4) is 5.75 Å². The molecule has 1 atom stereocenters. The summed E-state index contributed by atoms with van der Waals surface area (Å²) in [5.74, 6) is 0.681. The molecule has 1 fully saturated rings. The number of carbonyl (C=O) groups excluding carboxylic acids is 1. The van der Waals surface area contributed by atoms with Crippen LogP contribution in [0.25, 0.3) is 0 Å². The van der Waals surface area contributed by atoms with Gasteiger partial charge in [0.1, 0.15) is 12.4 Å². The lowest BCUT2D eigenvalue weighted by atomic mass is 10.1. The molecule has 1 heterocycles. The van der Waals surface area contributed by atoms with Crippen LogP contribution in [0, 0.1) is 6.92 Å². The smallest absolute Gasteiger partial charge is 0.317 e. The van der Waals surface area contributed by atoms with Gasteiger partial charge >= 0.3 is 6.03 Å². The molecule has 5 nitrogen and oxygen atoms in total. The Hall–Kier alpha value is -1.75. The molecule has 0 spiro atoms. The average Bonchev–Trinajstić information content (AvgIpc) is 2.77. The number of nitrogens with one attached hydrogen (secondary N) is 1. The van der Waals surface area contributed by atoms with Gasteiger partial charge in [0.05, 0.1) is 12.6 Å². The molecule has 0 saturated carbocycles. The summed E-state index contributed by atoms with van der Waals surface area (Å²) in [5.41, 5.74) is 1.87. The van der Waals surface area contributed by atoms with E-state index < -0.39 is 6.10 Å². The number of rotatable bonds is 5. The first-order valence-electron chi connectivity index (χ1n) is 6.52. The number of hydrogen-bond donors (Lipinski definition) is 2. The predicted molar refractivity (Wildman–Crippen MR) is 72.3 cm³/mol. The Bertz CT molecular complexity index is 460. The van der Waals surface area contributed by atoms with Crippen molar-refractivity contribution in [1.29, 1.82) is 0 Å². The molecule has 1 unspecified atom stereocenters. The van der Waals surface area contributed by atoms with E-state index in [1.165, 1.54) is 0 Å². The molecule has 1 saturated heterocycles. The number of aryl methyl sites for hydroxylation is 1. The lowest BCUT2D eigenvalue weighted by molar-refractivity contribution is 0.184. The van der Waals surface area contributed by atoms with Gasteiger partial charge in [-0.25, -0.2) is 4.79 Å². The summed E-state index contributed by atoms with van der Waals surface area (Å²) >= 11 is 0. The van der Waals surface area contributed by atoms with Crippen molar-refractivity contribution < 1.29 is 14.6 Å². The van der Waals surface area contributed by atoms with Crippen LogP contribution in [0.15, 0.2) is 18.2 Å². The molecule has 2 N–H and O–H groups in total. The number of nitrogens with zero attached hydrogens (tertiary/aromatic N) is 1. The molecule has 0 bridgehead atoms. The van der Waals surface area contributed by atoms with Gasteiger partial charge in [0.2, 0.25) is 0 Å². The topological polar surface area (TPSA) is 61.8 Å². The number of benzene rings is 1. The highest BCUT2D eigenvalue weighted by Gasteiger charge is 2.19. The van der Waals surface area contributed by atoms with Crippen LogP contribution in [0.3, 0.4) is 0 Å². The van der Waals surface area contributed by atoms with E-state index in [-0.39, 0.29) is 6.03 Å². The third-order valence-corrected chi connectivity index (χ3v) is 3.18. The van der Waals surface area contributed by atoms with Crippen molar-refractivity contribution in [2.24, 2.45) is 0 Å². The fourth-order valence-electron chi connectivity index (χ4n) is 2.12. The first kappa shape index (κ1) is 13.7. The summed E-state index contributed by atoms with van der Waals surface area (Å²) in [6.45, 7) is 6.09. The normalized spacial score (nSPS) is 16.4. The second kappa shape index (κ2) is 5.93. The lowest BCUT2D eigenvalue weighted by Crippen LogP contribution is -2.31. The number of carbonyl (C=O) groups is 1. The Balaban J connectivity index is 1.93. The zero-order valence-corrected chi connectivity index (χ0v) is 11.3. The number of aliphatic hydroxyl groups is 1. The maximum Gasteiger partial charge on any atom is 0.317 e. The van der Waals surface area contributed by atoms with Crippen molar-refractivity contribution in [3.63, 3.8) is 0 Å². The number of aliphatic hydroxyl groups excluding tert-OH is 1. The summed E-state index contributed by atoms with van der Waals surface area (Å²) in [7, 11) is 0. The maximum absolute atomic E-state index is 11.4. The SMILES string of the molecule is Cc1ccc(OCCN2CCNC2=O)c(C(C)O)c1. The lowest BCUT2D eigenvalue weighted by Gasteiger charge is -2.17. The van der Waals surface area contributed by atoms with Crippen LogP contribution in [0.1, 0.15) is 24.2 Å². The molecule has 1 aliphatic rings. The second-order valence-electron chi connectivity index (χ2n) is 4.78. The molecule has 1 aliphatic heterocycles. The number of amides is 2. The third-order valence-electron chi connectivity index (χ3n) is 3.18. The van der Waals surface area contributed by atoms with Gasteiger partial charge in [0, 0.05) is 18.7 Å². The summed E-state index contributed by atoms with van der Waals surface area (Å²) in [6.07, 6.45) is -0.565. The van der Waals surface area contributed by atoms with Gasteiger partial charge < -0.3 is 20.1 Å². The van der Waals surface area contributed by atoms with E-state index in [9.17, 15) is 9.90 Å². The first-order valence-corrected chi connectivity index (χ1v) is 6.52. The van der Waals surface area contributed by atoms with Crippen molar-refractivity contribution in [2.75, 3.05) is 26.2 Å². The Kier molecular flexibility index (Phi) is 4.27. The van der Waals surface area contributed by atoms with Gasteiger partial charge in [-0.3, -0.25) is 0 Å². The quantitative estimate of drug-likeness (QED) is 0.846. The third kappa shape index (κ3) is 3.38. The molecule has 104 valence electrons. The molecule has 0 radical (unpaired) electrons. The Morgan fingerprint density at radius 3 is 2.95 bits per heavy atom. The highest BCUT2D eigenvalue weighted by molar-refractivity contribution is 5.76. The average molecular weight is 264 g/mol. The van der Waals surface area contributed by atoms with Crippen LogP contribution in [-0.4, -0.2) is 42.3 Å². The van der Waals surface area contributed by atoms with Crippen molar-refractivity contribution >= 4 is 6.03 Å². The first-order chi connectivity index (χ1) is 9.08. The molecular weight excluding hydrogens is 244 g/mol. The fourth-order valence-corrected chi connectivity index (χ4v) is 2.12. The van der Waals surface area contributed by atoms with E-state index in [1.807, 2.05) is 25.1 Å². The van der Waals surface area contributed by atoms with E-state index in [0.717, 1.165) is 17.7 Å². The summed E-state index contributed by atoms with van der Waals surface area (Å²) in [5, 5.41) is 12.5. The van der Waals surface area contributed by atoms with Gasteiger partial charge in [-0.2, -0.15) is 0 Å². The highest BCUT2D eigenvalue weighted by atomic mass is 16.5. The molecule has 2 rings (SSSR count). The maximum atomic E-state index is 11.4. The summed E-state index contributed by atoms with van der Waals surface area (Å²) < 4.78 is 5.68. The largest absolute Gasteiger partial charge is 0.491 e. The van der Waals surface area contributed by atoms with E-state index in [4.69, 9.17) is 4.74 Å². The minimum Gasteiger partial charge on any atom is -0.491 e. The number of urea groups is 1. The van der Waals surface area contributed by atoms with Crippen molar-refractivity contribution in [2.45, 2.75) is 20.0 Å². The van der Waals surface area contributed by atoms with Crippen molar-refractivity contribution in [1.82, 2.24) is 10.2 Å². The van der Waals surface area contributed by atoms with Crippen molar-refractivity contribution in [3.05, 3.63) is 29.3 Å². The van der Waals surface area contributed by atoms with Gasteiger partial charge in [-0.15, -0.1) is 0 Å². The predicted octanol–water partition coefficient (Wildman–Crippen LogP) is 1.45. The van der Waals surface area contributed by atoms with Crippen LogP contribution in [0.5, 0.6) is 5.75 Å². The van der Waals surface area contributed by atoms with Gasteiger partial charge in [-0.1, -0.05) is 11.6 Å². The van der Waals surface area contributed by atoms with Crippen LogP contribution < -0.4 is 10.1 Å². The second-order valence-corrected chi connectivity index (χ2v) is 4.78. The van der Waals surface area contributed by atoms with E-state index in [0.29, 0.717) is 25.4 Å². The number of ether oxygens (including phenoxy) is 1. The Morgan fingerprint density at radius 2 is 2.32 bits per heavy atom. The van der Waals surface area contributed by atoms with E-state index in [2.05, 4.69) is 5.32 Å².